The molecular weight excluding hydrogens is 292 g/mol. The maximum atomic E-state index is 4.57. The zero-order chi connectivity index (χ0) is 15.4. The second-order valence-electron chi connectivity index (χ2n) is 6.13. The number of hydrogen-bond donors (Lipinski definition) is 1. The van der Waals surface area contributed by atoms with E-state index in [9.17, 15) is 0 Å². The summed E-state index contributed by atoms with van der Waals surface area (Å²) in [6, 6.07) is 4.18. The van der Waals surface area contributed by atoms with E-state index >= 15 is 0 Å². The largest absolute Gasteiger partial charge is 0.316 e. The van der Waals surface area contributed by atoms with Gasteiger partial charge >= 0.3 is 0 Å². The molecule has 3 rings (SSSR count). The quantitative estimate of drug-likeness (QED) is 0.890. The summed E-state index contributed by atoms with van der Waals surface area (Å²) in [7, 11) is 0. The van der Waals surface area contributed by atoms with Crippen LogP contribution in [0.4, 0.5) is 0 Å². The van der Waals surface area contributed by atoms with Crippen LogP contribution in [0.5, 0.6) is 0 Å². The van der Waals surface area contributed by atoms with Crippen molar-refractivity contribution in [1.82, 2.24) is 20.2 Å². The van der Waals surface area contributed by atoms with E-state index in [0.717, 1.165) is 43.6 Å². The molecule has 2 aromatic heterocycles. The van der Waals surface area contributed by atoms with Gasteiger partial charge in [-0.25, -0.2) is 4.98 Å². The first-order chi connectivity index (χ1) is 10.7. The highest BCUT2D eigenvalue weighted by Gasteiger charge is 2.20. The maximum Gasteiger partial charge on any atom is 0.0900 e. The maximum absolute atomic E-state index is 4.57. The predicted octanol–water partition coefficient (Wildman–Crippen LogP) is 2.77. The molecule has 0 bridgehead atoms. The van der Waals surface area contributed by atoms with Crippen LogP contribution in [-0.4, -0.2) is 34.5 Å². The van der Waals surface area contributed by atoms with Crippen molar-refractivity contribution in [2.24, 2.45) is 5.92 Å². The highest BCUT2D eigenvalue weighted by atomic mass is 32.1. The Morgan fingerprint density at radius 1 is 1.36 bits per heavy atom. The van der Waals surface area contributed by atoms with E-state index in [1.165, 1.54) is 22.6 Å². The lowest BCUT2D eigenvalue weighted by Gasteiger charge is -2.25. The van der Waals surface area contributed by atoms with Gasteiger partial charge in [0.2, 0.25) is 0 Å². The van der Waals surface area contributed by atoms with Gasteiger partial charge in [0.1, 0.15) is 0 Å². The highest BCUT2D eigenvalue weighted by Crippen LogP contribution is 2.22. The van der Waals surface area contributed by atoms with Gasteiger partial charge < -0.3 is 5.32 Å². The second-order valence-corrected chi connectivity index (χ2v) is 7.42. The number of hydrogen-bond acceptors (Lipinski definition) is 5. The molecule has 0 spiro atoms. The molecule has 2 aromatic rings. The van der Waals surface area contributed by atoms with Gasteiger partial charge in [-0.3, -0.25) is 9.88 Å². The Kier molecular flexibility index (Phi) is 5.18. The number of nitrogens with zero attached hydrogens (tertiary/aromatic N) is 3. The fourth-order valence-electron chi connectivity index (χ4n) is 3.09. The summed E-state index contributed by atoms with van der Waals surface area (Å²) in [5.74, 6) is 0.756. The van der Waals surface area contributed by atoms with Crippen LogP contribution in [-0.2, 0) is 13.1 Å². The summed E-state index contributed by atoms with van der Waals surface area (Å²) >= 11 is 1.83. The third kappa shape index (κ3) is 4.12. The van der Waals surface area contributed by atoms with Crippen molar-refractivity contribution >= 4 is 11.3 Å². The molecule has 0 radical (unpaired) electrons. The highest BCUT2D eigenvalue weighted by molar-refractivity contribution is 7.11. The van der Waals surface area contributed by atoms with E-state index in [4.69, 9.17) is 0 Å². The zero-order valence-corrected chi connectivity index (χ0v) is 14.2. The van der Waals surface area contributed by atoms with Crippen molar-refractivity contribution in [2.45, 2.75) is 33.4 Å². The number of aryl methyl sites for hydroxylation is 2. The lowest BCUT2D eigenvalue weighted by molar-refractivity contribution is 0.222. The summed E-state index contributed by atoms with van der Waals surface area (Å²) in [6.45, 7) is 9.60. The molecule has 5 heteroatoms. The molecule has 0 unspecified atom stereocenters. The van der Waals surface area contributed by atoms with Crippen molar-refractivity contribution < 1.29 is 0 Å². The third-order valence-corrected chi connectivity index (χ3v) is 5.23. The SMILES string of the molecule is Cc1nc(C)c(CN(Cc2cccnc2)C[C@@H]2CCNC2)s1. The van der Waals surface area contributed by atoms with E-state index in [0.29, 0.717) is 0 Å². The first kappa shape index (κ1) is 15.6. The number of pyridine rings is 1. The summed E-state index contributed by atoms with van der Waals surface area (Å²) in [5.41, 5.74) is 2.47. The van der Waals surface area contributed by atoms with Crippen molar-refractivity contribution in [1.29, 1.82) is 0 Å². The fourth-order valence-corrected chi connectivity index (χ4v) is 4.07. The van der Waals surface area contributed by atoms with Gasteiger partial charge in [0.15, 0.2) is 0 Å². The molecule has 118 valence electrons. The Balaban J connectivity index is 1.71. The first-order valence-electron chi connectivity index (χ1n) is 7.95. The Hall–Kier alpha value is -1.30. The van der Waals surface area contributed by atoms with Crippen LogP contribution in [0.3, 0.4) is 0 Å². The van der Waals surface area contributed by atoms with E-state index in [-0.39, 0.29) is 0 Å². The van der Waals surface area contributed by atoms with Crippen LogP contribution in [0.25, 0.3) is 0 Å². The van der Waals surface area contributed by atoms with Crippen molar-refractivity contribution in [2.75, 3.05) is 19.6 Å². The average molecular weight is 316 g/mol. The van der Waals surface area contributed by atoms with E-state index in [2.05, 4.69) is 40.1 Å². The molecule has 0 saturated carbocycles. The van der Waals surface area contributed by atoms with Gasteiger partial charge in [0.25, 0.3) is 0 Å². The third-order valence-electron chi connectivity index (χ3n) is 4.17. The Morgan fingerprint density at radius 3 is 2.91 bits per heavy atom. The minimum atomic E-state index is 0.756. The molecular formula is C17H24N4S. The van der Waals surface area contributed by atoms with E-state index < -0.39 is 0 Å². The van der Waals surface area contributed by atoms with Gasteiger partial charge in [-0.1, -0.05) is 6.07 Å². The van der Waals surface area contributed by atoms with E-state index in [1.54, 1.807) is 0 Å². The van der Waals surface area contributed by atoms with Gasteiger partial charge in [0, 0.05) is 36.9 Å². The smallest absolute Gasteiger partial charge is 0.0900 e. The van der Waals surface area contributed by atoms with Crippen LogP contribution in [0, 0.1) is 19.8 Å². The van der Waals surface area contributed by atoms with Crippen LogP contribution in [0.2, 0.25) is 0 Å². The molecule has 1 aliphatic rings. The Morgan fingerprint density at radius 2 is 2.27 bits per heavy atom. The first-order valence-corrected chi connectivity index (χ1v) is 8.77. The molecule has 4 nitrogen and oxygen atoms in total. The van der Waals surface area contributed by atoms with Crippen molar-refractivity contribution in [3.05, 3.63) is 45.7 Å². The fraction of sp³-hybridized carbons (Fsp3) is 0.529. The minimum absolute atomic E-state index is 0.756. The average Bonchev–Trinajstić information content (AvgIpc) is 3.10. The summed E-state index contributed by atoms with van der Waals surface area (Å²) < 4.78 is 0. The van der Waals surface area contributed by atoms with Gasteiger partial charge in [-0.05, 0) is 50.9 Å². The summed E-state index contributed by atoms with van der Waals surface area (Å²) in [6.07, 6.45) is 5.10. The van der Waals surface area contributed by atoms with Crippen molar-refractivity contribution in [3.8, 4) is 0 Å². The summed E-state index contributed by atoms with van der Waals surface area (Å²) in [5, 5.41) is 4.64. The van der Waals surface area contributed by atoms with Crippen LogP contribution in [0.1, 0.15) is 27.6 Å². The molecule has 1 N–H and O–H groups in total. The molecule has 0 aromatic carbocycles. The second kappa shape index (κ2) is 7.31. The molecule has 1 fully saturated rings. The Bertz CT molecular complexity index is 590. The van der Waals surface area contributed by atoms with E-state index in [1.807, 2.05) is 29.8 Å². The molecule has 0 amide bonds. The van der Waals surface area contributed by atoms with Crippen LogP contribution < -0.4 is 5.32 Å². The zero-order valence-electron chi connectivity index (χ0n) is 13.4. The molecule has 1 saturated heterocycles. The number of thiazole rings is 1. The Labute approximate surface area is 136 Å². The molecule has 1 aliphatic heterocycles. The minimum Gasteiger partial charge on any atom is -0.316 e. The monoisotopic (exact) mass is 316 g/mol. The predicted molar refractivity (Wildman–Crippen MR) is 90.9 cm³/mol. The van der Waals surface area contributed by atoms with Crippen molar-refractivity contribution in [3.63, 3.8) is 0 Å². The van der Waals surface area contributed by atoms with Crippen LogP contribution >= 0.6 is 11.3 Å². The van der Waals surface area contributed by atoms with Crippen LogP contribution in [0.15, 0.2) is 24.5 Å². The lowest BCUT2D eigenvalue weighted by atomic mass is 10.1. The van der Waals surface area contributed by atoms with Gasteiger partial charge in [0.05, 0.1) is 10.7 Å². The standard InChI is InChI=1S/C17H24N4S/c1-13-17(22-14(2)20-13)12-21(11-16-5-7-19-9-16)10-15-4-3-6-18-8-15/h3-4,6,8,16,19H,5,7,9-12H2,1-2H3/t16-/m1/s1. The lowest BCUT2D eigenvalue weighted by Crippen LogP contribution is -2.30. The molecule has 3 heterocycles. The topological polar surface area (TPSA) is 41.1 Å². The summed E-state index contributed by atoms with van der Waals surface area (Å²) in [4.78, 5) is 12.8. The van der Waals surface area contributed by atoms with Gasteiger partial charge in [-0.2, -0.15) is 0 Å². The molecule has 22 heavy (non-hydrogen) atoms. The van der Waals surface area contributed by atoms with Gasteiger partial charge in [-0.15, -0.1) is 11.3 Å². The number of rotatable bonds is 6. The molecule has 0 aliphatic carbocycles. The normalized spacial score (nSPS) is 18.2. The number of aromatic nitrogens is 2. The molecule has 1 atom stereocenters. The number of nitrogens with one attached hydrogen (secondary N) is 1.